The molecule has 3 rings (SSSR count). The summed E-state index contributed by atoms with van der Waals surface area (Å²) >= 11 is 0. The van der Waals surface area contributed by atoms with Crippen molar-refractivity contribution >= 4 is 32.8 Å². The van der Waals surface area contributed by atoms with E-state index in [0.717, 1.165) is 6.07 Å². The lowest BCUT2D eigenvalue weighted by molar-refractivity contribution is 0.0696. The number of carboxylic acids is 1. The van der Waals surface area contributed by atoms with E-state index in [9.17, 15) is 18.0 Å². The van der Waals surface area contributed by atoms with Crippen molar-refractivity contribution in [3.63, 3.8) is 0 Å². The first-order valence-electron chi connectivity index (χ1n) is 6.74. The number of fused-ring (bicyclic) bond motifs is 1. The summed E-state index contributed by atoms with van der Waals surface area (Å²) in [6, 6.07) is 9.41. The van der Waals surface area contributed by atoms with Crippen LogP contribution in [0.25, 0.3) is 11.1 Å². The molecule has 1 heterocycles. The lowest BCUT2D eigenvalue weighted by Gasteiger charge is -2.08. The molecular formula is C15H12N2O6S. The number of benzene rings is 2. The van der Waals surface area contributed by atoms with Crippen molar-refractivity contribution in [1.29, 1.82) is 0 Å². The van der Waals surface area contributed by atoms with E-state index in [-0.39, 0.29) is 21.7 Å². The van der Waals surface area contributed by atoms with Crippen molar-refractivity contribution in [2.75, 3.05) is 4.72 Å². The van der Waals surface area contributed by atoms with Crippen molar-refractivity contribution in [2.24, 2.45) is 7.05 Å². The van der Waals surface area contributed by atoms with Gasteiger partial charge in [0.05, 0.1) is 21.7 Å². The molecule has 0 unspecified atom stereocenters. The summed E-state index contributed by atoms with van der Waals surface area (Å²) in [5, 5.41) is 8.95. The molecule has 0 amide bonds. The number of carboxylic acid groups (broad SMARTS) is 1. The first-order chi connectivity index (χ1) is 11.3. The van der Waals surface area contributed by atoms with Gasteiger partial charge in [0, 0.05) is 13.1 Å². The van der Waals surface area contributed by atoms with Crippen molar-refractivity contribution in [3.8, 4) is 0 Å². The van der Waals surface area contributed by atoms with E-state index in [4.69, 9.17) is 9.52 Å². The Morgan fingerprint density at radius 1 is 1.21 bits per heavy atom. The molecule has 124 valence electrons. The third-order valence-corrected chi connectivity index (χ3v) is 4.81. The van der Waals surface area contributed by atoms with Crippen LogP contribution < -0.4 is 10.5 Å². The first kappa shape index (κ1) is 15.8. The quantitative estimate of drug-likeness (QED) is 0.740. The van der Waals surface area contributed by atoms with Gasteiger partial charge in [0.25, 0.3) is 10.0 Å². The molecular weight excluding hydrogens is 336 g/mol. The zero-order chi connectivity index (χ0) is 17.5. The topological polar surface area (TPSA) is 119 Å². The largest absolute Gasteiger partial charge is 0.478 e. The Labute approximate surface area is 136 Å². The van der Waals surface area contributed by atoms with Crippen LogP contribution in [-0.2, 0) is 17.1 Å². The van der Waals surface area contributed by atoms with Crippen molar-refractivity contribution < 1.29 is 22.7 Å². The first-order valence-corrected chi connectivity index (χ1v) is 8.22. The number of rotatable bonds is 4. The number of nitrogens with one attached hydrogen (secondary N) is 1. The van der Waals surface area contributed by atoms with Gasteiger partial charge < -0.3 is 9.52 Å². The Hall–Kier alpha value is -3.07. The maximum Gasteiger partial charge on any atom is 0.419 e. The van der Waals surface area contributed by atoms with Gasteiger partial charge in [0.1, 0.15) is 0 Å². The molecule has 3 aromatic rings. The molecule has 24 heavy (non-hydrogen) atoms. The summed E-state index contributed by atoms with van der Waals surface area (Å²) in [6.07, 6.45) is 0. The van der Waals surface area contributed by atoms with E-state index in [1.807, 2.05) is 0 Å². The molecule has 0 spiro atoms. The number of sulfonamides is 1. The minimum absolute atomic E-state index is 0.137. The van der Waals surface area contributed by atoms with Crippen LogP contribution in [0.15, 0.2) is 56.6 Å². The van der Waals surface area contributed by atoms with Gasteiger partial charge in [0.15, 0.2) is 5.58 Å². The van der Waals surface area contributed by atoms with Crippen molar-refractivity contribution in [2.45, 2.75) is 4.90 Å². The van der Waals surface area contributed by atoms with Gasteiger partial charge in [-0.3, -0.25) is 9.29 Å². The average Bonchev–Trinajstić information content (AvgIpc) is 2.81. The van der Waals surface area contributed by atoms with E-state index < -0.39 is 21.7 Å². The van der Waals surface area contributed by atoms with Gasteiger partial charge in [-0.2, -0.15) is 0 Å². The molecule has 2 aromatic carbocycles. The second kappa shape index (κ2) is 5.53. The lowest BCUT2D eigenvalue weighted by Crippen LogP contribution is -2.13. The van der Waals surface area contributed by atoms with Gasteiger partial charge in [-0.1, -0.05) is 6.07 Å². The van der Waals surface area contributed by atoms with Crippen LogP contribution in [0.1, 0.15) is 10.4 Å². The zero-order valence-electron chi connectivity index (χ0n) is 12.4. The number of anilines is 1. The van der Waals surface area contributed by atoms with Crippen LogP contribution in [0, 0.1) is 0 Å². The van der Waals surface area contributed by atoms with Crippen LogP contribution in [0.4, 0.5) is 5.69 Å². The fraction of sp³-hybridized carbons (Fsp3) is 0.0667. The minimum atomic E-state index is -3.98. The Morgan fingerprint density at radius 3 is 2.67 bits per heavy atom. The van der Waals surface area contributed by atoms with Gasteiger partial charge in [-0.05, 0) is 30.3 Å². The van der Waals surface area contributed by atoms with Crippen LogP contribution in [0.3, 0.4) is 0 Å². The average molecular weight is 348 g/mol. The SMILES string of the molecule is Cn1c(=O)oc2cc(NS(=O)(=O)c3cccc(C(=O)O)c3)ccc21. The summed E-state index contributed by atoms with van der Waals surface area (Å²) in [5.74, 6) is -1.78. The van der Waals surface area contributed by atoms with E-state index in [1.54, 1.807) is 6.07 Å². The van der Waals surface area contributed by atoms with Crippen molar-refractivity contribution in [1.82, 2.24) is 4.57 Å². The highest BCUT2D eigenvalue weighted by Gasteiger charge is 2.17. The minimum Gasteiger partial charge on any atom is -0.478 e. The normalized spacial score (nSPS) is 11.5. The molecule has 0 saturated carbocycles. The predicted molar refractivity (Wildman–Crippen MR) is 85.7 cm³/mol. The number of hydrogen-bond donors (Lipinski definition) is 2. The Bertz CT molecular complexity index is 1110. The van der Waals surface area contributed by atoms with E-state index >= 15 is 0 Å². The summed E-state index contributed by atoms with van der Waals surface area (Å²) in [6.45, 7) is 0. The van der Waals surface area contributed by atoms with Gasteiger partial charge >= 0.3 is 11.7 Å². The van der Waals surface area contributed by atoms with Crippen LogP contribution >= 0.6 is 0 Å². The zero-order valence-corrected chi connectivity index (χ0v) is 13.2. The van der Waals surface area contributed by atoms with E-state index in [1.165, 1.54) is 41.9 Å². The molecule has 0 radical (unpaired) electrons. The fourth-order valence-electron chi connectivity index (χ4n) is 2.21. The number of aromatic nitrogens is 1. The maximum atomic E-state index is 12.4. The molecule has 0 aliphatic heterocycles. The summed E-state index contributed by atoms with van der Waals surface area (Å²) in [4.78, 5) is 22.2. The number of carbonyl (C=O) groups is 1. The highest BCUT2D eigenvalue weighted by Crippen LogP contribution is 2.21. The molecule has 1 aromatic heterocycles. The van der Waals surface area contributed by atoms with Crippen LogP contribution in [0.5, 0.6) is 0 Å². The molecule has 9 heteroatoms. The highest BCUT2D eigenvalue weighted by atomic mass is 32.2. The monoisotopic (exact) mass is 348 g/mol. The van der Waals surface area contributed by atoms with Gasteiger partial charge in [-0.25, -0.2) is 18.0 Å². The smallest absolute Gasteiger partial charge is 0.419 e. The molecule has 0 saturated heterocycles. The summed E-state index contributed by atoms with van der Waals surface area (Å²) in [5.41, 5.74) is 0.817. The Morgan fingerprint density at radius 2 is 1.96 bits per heavy atom. The number of aromatic carboxylic acids is 1. The Kier molecular flexibility index (Phi) is 3.64. The molecule has 0 aliphatic carbocycles. The van der Waals surface area contributed by atoms with E-state index in [2.05, 4.69) is 4.72 Å². The van der Waals surface area contributed by atoms with Crippen LogP contribution in [0.2, 0.25) is 0 Å². The third kappa shape index (κ3) is 2.76. The summed E-state index contributed by atoms with van der Waals surface area (Å²) < 4.78 is 33.4. The standard InChI is InChI=1S/C15H12N2O6S/c1-17-12-6-5-10(8-13(12)23-15(17)20)16-24(21,22)11-4-2-3-9(7-11)14(18)19/h2-8,16H,1H3,(H,18,19). The molecule has 0 aliphatic rings. The molecule has 0 atom stereocenters. The molecule has 8 nitrogen and oxygen atoms in total. The molecule has 0 fully saturated rings. The van der Waals surface area contributed by atoms with Crippen LogP contribution in [-0.4, -0.2) is 24.1 Å². The molecule has 2 N–H and O–H groups in total. The number of aryl methyl sites for hydroxylation is 1. The number of nitrogens with zero attached hydrogens (tertiary/aromatic N) is 1. The predicted octanol–water partition coefficient (Wildman–Crippen LogP) is 1.63. The maximum absolute atomic E-state index is 12.4. The second-order valence-corrected chi connectivity index (χ2v) is 6.73. The van der Waals surface area contributed by atoms with E-state index in [0.29, 0.717) is 5.52 Å². The summed E-state index contributed by atoms with van der Waals surface area (Å²) in [7, 11) is -2.44. The number of hydrogen-bond acceptors (Lipinski definition) is 5. The highest BCUT2D eigenvalue weighted by molar-refractivity contribution is 7.92. The van der Waals surface area contributed by atoms with Gasteiger partial charge in [-0.15, -0.1) is 0 Å². The van der Waals surface area contributed by atoms with Crippen molar-refractivity contribution in [3.05, 3.63) is 58.6 Å². The lowest BCUT2D eigenvalue weighted by atomic mass is 10.2. The number of oxazole rings is 1. The second-order valence-electron chi connectivity index (χ2n) is 5.05. The Balaban J connectivity index is 1.99. The fourth-order valence-corrected chi connectivity index (χ4v) is 3.30. The molecule has 0 bridgehead atoms. The third-order valence-electron chi connectivity index (χ3n) is 3.44. The van der Waals surface area contributed by atoms with Gasteiger partial charge in [0.2, 0.25) is 0 Å².